The van der Waals surface area contributed by atoms with Gasteiger partial charge in [0.25, 0.3) is 11.8 Å². The minimum Gasteiger partial charge on any atom is -0.488 e. The van der Waals surface area contributed by atoms with Crippen LogP contribution in [0, 0.1) is 0 Å². The molecule has 11 heteroatoms. The first-order valence-corrected chi connectivity index (χ1v) is 14.9. The molecule has 2 unspecified atom stereocenters. The second kappa shape index (κ2) is 13.2. The molecule has 3 amide bonds. The number of β-amino-alcohol motifs (C(OH)–C–C–N with tert-alkyl or cyclic N) is 1. The zero-order valence-corrected chi connectivity index (χ0v) is 25.4. The number of halogens is 1. The highest BCUT2D eigenvalue weighted by Crippen LogP contribution is 2.38. The number of aliphatic hydroxyl groups excluding tert-OH is 1. The molecule has 0 spiro atoms. The molecule has 2 heterocycles. The van der Waals surface area contributed by atoms with Gasteiger partial charge in [-0.2, -0.15) is 0 Å². The second-order valence-corrected chi connectivity index (χ2v) is 11.4. The van der Waals surface area contributed by atoms with Crippen LogP contribution in [0.2, 0.25) is 0 Å². The van der Waals surface area contributed by atoms with Crippen molar-refractivity contribution in [2.75, 3.05) is 57.9 Å². The topological polar surface area (TPSA) is 114 Å². The van der Waals surface area contributed by atoms with E-state index in [1.54, 1.807) is 42.0 Å². The Morgan fingerprint density at radius 1 is 1.05 bits per heavy atom. The van der Waals surface area contributed by atoms with Crippen LogP contribution in [-0.2, 0) is 16.1 Å². The van der Waals surface area contributed by atoms with Gasteiger partial charge >= 0.3 is 0 Å². The number of fused-ring (bicyclic) bond motifs is 2. The van der Waals surface area contributed by atoms with Gasteiger partial charge in [0.05, 0.1) is 30.4 Å². The van der Waals surface area contributed by atoms with Crippen molar-refractivity contribution in [2.45, 2.75) is 25.6 Å². The highest BCUT2D eigenvalue weighted by molar-refractivity contribution is 9.10. The lowest BCUT2D eigenvalue weighted by molar-refractivity contribution is -0.129. The van der Waals surface area contributed by atoms with Crippen molar-refractivity contribution in [3.05, 3.63) is 70.2 Å². The summed E-state index contributed by atoms with van der Waals surface area (Å²) in [5.41, 5.74) is 1.77. The number of para-hydroxylation sites is 1. The summed E-state index contributed by atoms with van der Waals surface area (Å²) in [5.74, 6) is -0.493. The lowest BCUT2D eigenvalue weighted by Gasteiger charge is -2.34. The molecule has 2 atom stereocenters. The fourth-order valence-electron chi connectivity index (χ4n) is 5.42. The zero-order chi connectivity index (χ0) is 29.8. The normalized spacial score (nSPS) is 18.3. The maximum atomic E-state index is 14.1. The Balaban J connectivity index is 1.52. The largest absolute Gasteiger partial charge is 0.488 e. The molecule has 2 aliphatic rings. The number of amides is 3. The highest BCUT2D eigenvalue weighted by Gasteiger charge is 2.36. The van der Waals surface area contributed by atoms with Gasteiger partial charge in [-0.05, 0) is 48.5 Å². The summed E-state index contributed by atoms with van der Waals surface area (Å²) < 4.78 is 7.18. The lowest BCUT2D eigenvalue weighted by Crippen LogP contribution is -2.53. The van der Waals surface area contributed by atoms with E-state index in [1.807, 2.05) is 36.4 Å². The molecule has 1 fully saturated rings. The Hall–Kier alpha value is -3.51. The number of anilines is 1. The fourth-order valence-corrected chi connectivity index (χ4v) is 5.89. The molecule has 3 N–H and O–H groups in total. The smallest absolute Gasteiger partial charge is 0.257 e. The van der Waals surface area contributed by atoms with Gasteiger partial charge in [0.15, 0.2) is 5.75 Å². The first-order valence-electron chi connectivity index (χ1n) is 14.2. The number of likely N-dealkylation sites (N-methyl/N-ethyl adjacent to an activating group) is 1. The van der Waals surface area contributed by atoms with E-state index >= 15 is 0 Å². The Labute approximate surface area is 253 Å². The molecular formula is C31H36BrN5O5. The number of ether oxygens (including phenoxy) is 1. The maximum Gasteiger partial charge on any atom is 0.257 e. The monoisotopic (exact) mass is 637 g/mol. The summed E-state index contributed by atoms with van der Waals surface area (Å²) >= 11 is 3.63. The average molecular weight is 639 g/mol. The molecule has 1 saturated heterocycles. The third kappa shape index (κ3) is 6.14. The van der Waals surface area contributed by atoms with Crippen LogP contribution in [0.4, 0.5) is 5.69 Å². The number of piperazine rings is 1. The number of carbonyl (C=O) groups is 3. The number of hydrogen-bond donors (Lipinski definition) is 3. The zero-order valence-electron chi connectivity index (χ0n) is 23.8. The molecule has 42 heavy (non-hydrogen) atoms. The first-order chi connectivity index (χ1) is 20.3. The third-order valence-electron chi connectivity index (χ3n) is 7.98. The average Bonchev–Trinajstić information content (AvgIpc) is 3.14. The van der Waals surface area contributed by atoms with Gasteiger partial charge in [-0.3, -0.25) is 19.3 Å². The Morgan fingerprint density at radius 3 is 2.50 bits per heavy atom. The summed E-state index contributed by atoms with van der Waals surface area (Å²) in [6, 6.07) is 15.7. The second-order valence-electron chi connectivity index (χ2n) is 10.6. The van der Waals surface area contributed by atoms with Gasteiger partial charge in [-0.25, -0.2) is 0 Å². The molecule has 0 bridgehead atoms. The van der Waals surface area contributed by atoms with E-state index in [0.717, 1.165) is 20.8 Å². The van der Waals surface area contributed by atoms with Crippen molar-refractivity contribution in [3.63, 3.8) is 0 Å². The molecule has 0 saturated carbocycles. The van der Waals surface area contributed by atoms with E-state index in [9.17, 15) is 19.5 Å². The van der Waals surface area contributed by atoms with Crippen LogP contribution in [0.5, 0.6) is 5.75 Å². The predicted molar refractivity (Wildman–Crippen MR) is 165 cm³/mol. The van der Waals surface area contributed by atoms with E-state index < -0.39 is 12.1 Å². The summed E-state index contributed by atoms with van der Waals surface area (Å²) in [4.78, 5) is 46.2. The quantitative estimate of drug-likeness (QED) is 0.347. The van der Waals surface area contributed by atoms with Gasteiger partial charge in [0, 0.05) is 37.2 Å². The van der Waals surface area contributed by atoms with E-state index in [1.165, 1.54) is 0 Å². The maximum absolute atomic E-state index is 14.1. The fraction of sp³-hybridized carbons (Fsp3) is 0.387. The predicted octanol–water partition coefficient (Wildman–Crippen LogP) is 2.37. The molecule has 10 nitrogen and oxygen atoms in total. The molecule has 222 valence electrons. The van der Waals surface area contributed by atoms with Crippen LogP contribution < -0.4 is 20.3 Å². The third-order valence-corrected chi connectivity index (χ3v) is 8.67. The van der Waals surface area contributed by atoms with Crippen LogP contribution in [0.25, 0.3) is 10.8 Å². The number of benzene rings is 3. The van der Waals surface area contributed by atoms with Crippen LogP contribution in [0.1, 0.15) is 22.8 Å². The van der Waals surface area contributed by atoms with Crippen molar-refractivity contribution >= 4 is 50.1 Å². The van der Waals surface area contributed by atoms with Gasteiger partial charge in [-0.15, -0.1) is 0 Å². The minimum atomic E-state index is -0.951. The summed E-state index contributed by atoms with van der Waals surface area (Å²) in [7, 11) is 1.68. The molecule has 5 rings (SSSR count). The van der Waals surface area contributed by atoms with Gasteiger partial charge in [0.2, 0.25) is 5.91 Å². The van der Waals surface area contributed by atoms with Crippen molar-refractivity contribution < 1.29 is 24.2 Å². The number of carbonyl (C=O) groups excluding carboxylic acids is 3. The minimum absolute atomic E-state index is 0.0797. The molecule has 0 radical (unpaired) electrons. The Morgan fingerprint density at radius 2 is 1.79 bits per heavy atom. The van der Waals surface area contributed by atoms with Crippen LogP contribution in [0.15, 0.2) is 59.1 Å². The summed E-state index contributed by atoms with van der Waals surface area (Å²) in [6.07, 6.45) is 0. The van der Waals surface area contributed by atoms with Gasteiger partial charge in [0.1, 0.15) is 12.6 Å². The van der Waals surface area contributed by atoms with E-state index in [4.69, 9.17) is 4.74 Å². The van der Waals surface area contributed by atoms with Crippen LogP contribution >= 0.6 is 15.9 Å². The summed E-state index contributed by atoms with van der Waals surface area (Å²) in [5, 5.41) is 17.0. The Kier molecular flexibility index (Phi) is 9.42. The Bertz CT molecular complexity index is 1480. The van der Waals surface area contributed by atoms with Crippen molar-refractivity contribution in [3.8, 4) is 5.75 Å². The lowest BCUT2D eigenvalue weighted by atomic mass is 10.0. The van der Waals surface area contributed by atoms with E-state index in [0.29, 0.717) is 49.7 Å². The number of nitrogens with one attached hydrogen (secondary N) is 2. The van der Waals surface area contributed by atoms with E-state index in [2.05, 4.69) is 31.5 Å². The van der Waals surface area contributed by atoms with Crippen molar-refractivity contribution in [2.24, 2.45) is 0 Å². The van der Waals surface area contributed by atoms with Crippen LogP contribution in [-0.4, -0.2) is 97.7 Å². The van der Waals surface area contributed by atoms with Crippen molar-refractivity contribution in [1.82, 2.24) is 20.4 Å². The standard InChI is InChI=1S/C31H36BrN5O5/c1-20(33-2)29(39)34-26-19-42-28-24(30(40)36-14-12-35(13-15-36)16-17-38)8-5-9-27(28)37(31(26)41)18-21-10-11-25(32)23-7-4-3-6-22(21)23/h3-11,20,26,33,38H,12-19H2,1-2H3,(H,34,39). The molecule has 3 aromatic carbocycles. The van der Waals surface area contributed by atoms with E-state index in [-0.39, 0.29) is 37.5 Å². The van der Waals surface area contributed by atoms with Gasteiger partial charge in [-0.1, -0.05) is 52.3 Å². The SMILES string of the molecule is CNC(C)C(=O)NC1COc2c(C(=O)N3CCN(CCO)CC3)cccc2N(Cc2ccc(Br)c3ccccc23)C1=O. The van der Waals surface area contributed by atoms with Crippen LogP contribution in [0.3, 0.4) is 0 Å². The first kappa shape index (κ1) is 30.0. The molecule has 3 aromatic rings. The van der Waals surface area contributed by atoms with Gasteiger partial charge < -0.3 is 30.3 Å². The number of hydrogen-bond acceptors (Lipinski definition) is 7. The molecular weight excluding hydrogens is 602 g/mol. The molecule has 0 aliphatic carbocycles. The summed E-state index contributed by atoms with van der Waals surface area (Å²) in [6.45, 7) is 4.86. The molecule has 0 aromatic heterocycles. The molecule has 2 aliphatic heterocycles. The number of rotatable bonds is 8. The number of aliphatic hydroxyl groups is 1. The van der Waals surface area contributed by atoms with Crippen molar-refractivity contribution in [1.29, 1.82) is 0 Å². The highest BCUT2D eigenvalue weighted by atomic mass is 79.9. The number of nitrogens with zero attached hydrogens (tertiary/aromatic N) is 3.